The lowest BCUT2D eigenvalue weighted by molar-refractivity contribution is 1.07. The zero-order valence-electron chi connectivity index (χ0n) is 78.5. The summed E-state index contributed by atoms with van der Waals surface area (Å²) < 4.78 is 0. The highest BCUT2D eigenvalue weighted by Crippen LogP contribution is 2.45. The van der Waals surface area contributed by atoms with Crippen LogP contribution in [0.2, 0.25) is 0 Å². The van der Waals surface area contributed by atoms with Crippen LogP contribution in [0.25, 0.3) is 266 Å². The molecule has 0 saturated carbocycles. The SMILES string of the molecule is c1ccc(-c2cccc(-c3cc(-c4cccc(-c5ccc6c7ccccc7c7ccccc7c6c5)c4)nc(-c4ccccc4)n3)c2)cc1.c1ccc(-c2cccc(-c3cc(-c4ccccc4)nc(-c4cccc(-c5ccc6c7ccccc7c7ccccc7c6c5)c4)n3)c2)cc1.c1ccc(-c2cccc(-c3nc(-c4ccccc4)nc(-c4cccc(-c5ccc6c7ccccc7c7ccccc7c6c5)c4)n3)c2)cc1. The van der Waals surface area contributed by atoms with Crippen LogP contribution in [0.3, 0.4) is 0 Å². The van der Waals surface area contributed by atoms with Gasteiger partial charge in [-0.2, -0.15) is 0 Å². The molecule has 672 valence electrons. The summed E-state index contributed by atoms with van der Waals surface area (Å²) in [4.78, 5) is 35.6. The average molecular weight is 1830 g/mol. The van der Waals surface area contributed by atoms with Crippen molar-refractivity contribution in [2.75, 3.05) is 0 Å². The standard InChI is InChI=1S/2C46H30N2.C45H29N3/c1-3-13-31(14-4-1)33-17-11-19-36(27-33)44-30-45(48-46(47-44)32-15-5-2-6-16-32)37-20-12-18-34(28-37)35-25-26-42-40-23-8-7-21-38(40)39-22-9-10-24-41(39)43(42)29-35;1-3-13-31(14-4-1)33-17-11-19-36(27-33)45-30-44(32-15-5-2-6-16-32)47-46(48-45)37-20-12-18-34(28-37)35-25-26-42-40-23-8-7-21-38(40)39-22-9-10-24-41(39)43(42)29-35;1-3-13-30(14-4-1)32-17-11-19-35(27-32)44-46-43(31-15-5-2-6-16-31)47-45(48-44)36-20-12-18-33(28-36)34-25-26-41-39-23-8-7-21-37(39)38-22-9-10-24-40(38)42(41)29-34/h2*1-30H;1-29H. The molecule has 0 fully saturated rings. The van der Waals surface area contributed by atoms with Crippen molar-refractivity contribution < 1.29 is 0 Å². The molecule has 0 spiro atoms. The van der Waals surface area contributed by atoms with E-state index >= 15 is 0 Å². The van der Waals surface area contributed by atoms with Gasteiger partial charge in [0.15, 0.2) is 29.1 Å². The van der Waals surface area contributed by atoms with E-state index in [1.165, 1.54) is 119 Å². The van der Waals surface area contributed by atoms with E-state index in [0.29, 0.717) is 29.1 Å². The average Bonchev–Trinajstić information content (AvgIpc) is 0.746. The van der Waals surface area contributed by atoms with Gasteiger partial charge in [-0.05, 0) is 230 Å². The summed E-state index contributed by atoms with van der Waals surface area (Å²) in [5.41, 5.74) is 26.5. The van der Waals surface area contributed by atoms with E-state index in [9.17, 15) is 0 Å². The summed E-state index contributed by atoms with van der Waals surface area (Å²) in [7, 11) is 0. The zero-order valence-corrected chi connectivity index (χ0v) is 78.5. The Balaban J connectivity index is 0.000000113. The molecule has 7 nitrogen and oxygen atoms in total. The van der Waals surface area contributed by atoms with E-state index in [1.54, 1.807) is 0 Å². The van der Waals surface area contributed by atoms with Gasteiger partial charge in [0.25, 0.3) is 0 Å². The third kappa shape index (κ3) is 17.2. The minimum Gasteiger partial charge on any atom is -0.228 e. The van der Waals surface area contributed by atoms with Crippen molar-refractivity contribution in [1.29, 1.82) is 0 Å². The van der Waals surface area contributed by atoms with Gasteiger partial charge >= 0.3 is 0 Å². The molecule has 0 aliphatic heterocycles. The van der Waals surface area contributed by atoms with Crippen LogP contribution in [-0.2, 0) is 0 Å². The van der Waals surface area contributed by atoms with Gasteiger partial charge in [-0.3, -0.25) is 0 Å². The lowest BCUT2D eigenvalue weighted by Gasteiger charge is -2.13. The van der Waals surface area contributed by atoms with Gasteiger partial charge in [0, 0.05) is 50.1 Å². The highest BCUT2D eigenvalue weighted by atomic mass is 15.0. The van der Waals surface area contributed by atoms with Crippen LogP contribution in [0.5, 0.6) is 0 Å². The molecule has 144 heavy (non-hydrogen) atoms. The van der Waals surface area contributed by atoms with E-state index in [4.69, 9.17) is 34.9 Å². The Hall–Kier alpha value is -19.2. The highest BCUT2D eigenvalue weighted by Gasteiger charge is 2.22. The molecule has 27 aromatic rings. The maximum atomic E-state index is 5.18. The molecule has 0 bridgehead atoms. The molecule has 7 heteroatoms. The molecule has 0 aliphatic carbocycles. The number of aromatic nitrogens is 7. The molecule has 3 aromatic heterocycles. The van der Waals surface area contributed by atoms with Gasteiger partial charge in [-0.15, -0.1) is 0 Å². The van der Waals surface area contributed by atoms with Crippen LogP contribution in [-0.4, -0.2) is 34.9 Å². The first-order chi connectivity index (χ1) is 71.3. The van der Waals surface area contributed by atoms with E-state index in [2.05, 4.69) is 467 Å². The Kier molecular flexibility index (Phi) is 23.0. The van der Waals surface area contributed by atoms with E-state index < -0.39 is 0 Å². The number of benzene rings is 24. The summed E-state index contributed by atoms with van der Waals surface area (Å²) in [6.45, 7) is 0. The quantitative estimate of drug-likeness (QED) is 0.0945. The second kappa shape index (κ2) is 38.3. The van der Waals surface area contributed by atoms with Gasteiger partial charge < -0.3 is 0 Å². The second-order valence-electron chi connectivity index (χ2n) is 36.5. The molecule has 0 radical (unpaired) electrons. The Morgan fingerprint density at radius 1 is 0.0764 bits per heavy atom. The van der Waals surface area contributed by atoms with Crippen molar-refractivity contribution in [3.8, 4) is 169 Å². The van der Waals surface area contributed by atoms with Crippen LogP contribution in [0, 0.1) is 0 Å². The summed E-state index contributed by atoms with van der Waals surface area (Å²) in [6.07, 6.45) is 0. The Morgan fingerprint density at radius 3 is 0.486 bits per heavy atom. The molecular weight excluding hydrogens is 1740 g/mol. The molecule has 0 aliphatic rings. The molecule has 0 unspecified atom stereocenters. The van der Waals surface area contributed by atoms with Crippen LogP contribution >= 0.6 is 0 Å². The number of hydrogen-bond donors (Lipinski definition) is 0. The van der Waals surface area contributed by atoms with Gasteiger partial charge in [-0.1, -0.05) is 473 Å². The molecule has 0 atom stereocenters. The highest BCUT2D eigenvalue weighted by molar-refractivity contribution is 6.28. The fourth-order valence-electron chi connectivity index (χ4n) is 20.5. The summed E-state index contributed by atoms with van der Waals surface area (Å²) in [5.74, 6) is 3.35. The maximum Gasteiger partial charge on any atom is 0.164 e. The Labute approximate surface area is 834 Å². The van der Waals surface area contributed by atoms with Gasteiger partial charge in [0.1, 0.15) is 0 Å². The molecule has 3 heterocycles. The predicted octanol–water partition coefficient (Wildman–Crippen LogP) is 36.2. The number of nitrogens with zero attached hydrogens (tertiary/aromatic N) is 7. The van der Waals surface area contributed by atoms with Crippen LogP contribution in [0.1, 0.15) is 0 Å². The Morgan fingerprint density at radius 2 is 0.229 bits per heavy atom. The van der Waals surface area contributed by atoms with E-state index in [0.717, 1.165) is 117 Å². The molecule has 24 aromatic carbocycles. The van der Waals surface area contributed by atoms with Gasteiger partial charge in [0.05, 0.1) is 22.8 Å². The molecule has 27 rings (SSSR count). The van der Waals surface area contributed by atoms with E-state index in [1.807, 2.05) is 72.8 Å². The first-order valence-electron chi connectivity index (χ1n) is 48.9. The topological polar surface area (TPSA) is 90.2 Å². The zero-order chi connectivity index (χ0) is 95.6. The number of fused-ring (bicyclic) bond motifs is 18. The van der Waals surface area contributed by atoms with Gasteiger partial charge in [0.2, 0.25) is 0 Å². The van der Waals surface area contributed by atoms with Crippen molar-refractivity contribution >= 4 is 97.0 Å². The first-order valence-corrected chi connectivity index (χ1v) is 48.9. The van der Waals surface area contributed by atoms with Crippen molar-refractivity contribution in [3.05, 3.63) is 540 Å². The minimum atomic E-state index is 0.642. The first kappa shape index (κ1) is 86.4. The summed E-state index contributed by atoms with van der Waals surface area (Å²) in [5, 5.41) is 22.9. The van der Waals surface area contributed by atoms with Crippen LogP contribution in [0.4, 0.5) is 0 Å². The third-order valence-electron chi connectivity index (χ3n) is 27.6. The fraction of sp³-hybridized carbons (Fsp3) is 0. The predicted molar refractivity (Wildman–Crippen MR) is 603 cm³/mol. The lowest BCUT2D eigenvalue weighted by Crippen LogP contribution is -2.00. The smallest absolute Gasteiger partial charge is 0.164 e. The summed E-state index contributed by atoms with van der Waals surface area (Å²) >= 11 is 0. The van der Waals surface area contributed by atoms with Crippen molar-refractivity contribution in [2.24, 2.45) is 0 Å². The lowest BCUT2D eigenvalue weighted by atomic mass is 9.91. The van der Waals surface area contributed by atoms with Crippen molar-refractivity contribution in [1.82, 2.24) is 34.9 Å². The van der Waals surface area contributed by atoms with Gasteiger partial charge in [-0.25, -0.2) is 34.9 Å². The largest absolute Gasteiger partial charge is 0.228 e. The third-order valence-corrected chi connectivity index (χ3v) is 27.6. The van der Waals surface area contributed by atoms with Crippen LogP contribution < -0.4 is 0 Å². The summed E-state index contributed by atoms with van der Waals surface area (Å²) in [6, 6.07) is 191. The van der Waals surface area contributed by atoms with Crippen LogP contribution in [0.15, 0.2) is 540 Å². The van der Waals surface area contributed by atoms with Crippen molar-refractivity contribution in [3.63, 3.8) is 0 Å². The monoisotopic (exact) mass is 1830 g/mol. The Bertz CT molecular complexity index is 8590. The number of rotatable bonds is 15. The second-order valence-corrected chi connectivity index (χ2v) is 36.5. The minimum absolute atomic E-state index is 0.642. The van der Waals surface area contributed by atoms with E-state index in [-0.39, 0.29) is 0 Å². The normalized spacial score (nSPS) is 11.3. The number of hydrogen-bond acceptors (Lipinski definition) is 7. The molecule has 0 saturated heterocycles. The van der Waals surface area contributed by atoms with Crippen molar-refractivity contribution in [2.45, 2.75) is 0 Å². The fourth-order valence-corrected chi connectivity index (χ4v) is 20.5. The molecule has 0 amide bonds. The maximum absolute atomic E-state index is 5.18. The molecular formula is C137H89N7. The molecule has 0 N–H and O–H groups in total.